The molecule has 0 bridgehead atoms. The second kappa shape index (κ2) is 8.00. The summed E-state index contributed by atoms with van der Waals surface area (Å²) in [5, 5.41) is 3.21. The van der Waals surface area contributed by atoms with Crippen molar-refractivity contribution < 1.29 is 4.42 Å². The average Bonchev–Trinajstić information content (AvgIpc) is 3.06. The second-order valence-corrected chi connectivity index (χ2v) is 6.92. The first kappa shape index (κ1) is 16.6. The third kappa shape index (κ3) is 4.86. The van der Waals surface area contributed by atoms with Gasteiger partial charge < -0.3 is 9.73 Å². The molecule has 3 nitrogen and oxygen atoms in total. The Bertz CT molecular complexity index is 419. The Balaban J connectivity index is 2.01. The second-order valence-electron chi connectivity index (χ2n) is 6.92. The van der Waals surface area contributed by atoms with Crippen molar-refractivity contribution in [3.05, 3.63) is 23.2 Å². The lowest BCUT2D eigenvalue weighted by molar-refractivity contribution is 0.166. The van der Waals surface area contributed by atoms with Crippen molar-refractivity contribution in [1.29, 1.82) is 0 Å². The predicted molar refractivity (Wildman–Crippen MR) is 88.3 cm³/mol. The Morgan fingerprint density at radius 3 is 2.67 bits per heavy atom. The first-order chi connectivity index (χ1) is 10.1. The predicted octanol–water partition coefficient (Wildman–Crippen LogP) is 4.10. The van der Waals surface area contributed by atoms with Crippen molar-refractivity contribution >= 4 is 0 Å². The molecule has 1 aromatic heterocycles. The Hall–Kier alpha value is -0.800. The zero-order valence-electron chi connectivity index (χ0n) is 14.2. The summed E-state index contributed by atoms with van der Waals surface area (Å²) in [5.41, 5.74) is 1.29. The third-order valence-corrected chi connectivity index (χ3v) is 4.63. The van der Waals surface area contributed by atoms with Crippen LogP contribution in [-0.4, -0.2) is 24.5 Å². The van der Waals surface area contributed by atoms with E-state index in [1.807, 2.05) is 7.05 Å². The van der Waals surface area contributed by atoms with Crippen LogP contribution in [0.5, 0.6) is 0 Å². The summed E-state index contributed by atoms with van der Waals surface area (Å²) in [7, 11) is 1.99. The van der Waals surface area contributed by atoms with Crippen LogP contribution >= 0.6 is 0 Å². The molecule has 1 N–H and O–H groups in total. The molecule has 21 heavy (non-hydrogen) atoms. The van der Waals surface area contributed by atoms with Gasteiger partial charge in [-0.3, -0.25) is 4.90 Å². The monoisotopic (exact) mass is 292 g/mol. The Labute approximate surface area is 130 Å². The first-order valence-corrected chi connectivity index (χ1v) is 8.57. The maximum atomic E-state index is 5.98. The normalized spacial score (nSPS) is 16.5. The fourth-order valence-corrected chi connectivity index (χ4v) is 3.32. The minimum Gasteiger partial charge on any atom is -0.465 e. The van der Waals surface area contributed by atoms with E-state index in [-0.39, 0.29) is 0 Å². The fourth-order valence-electron chi connectivity index (χ4n) is 3.32. The summed E-state index contributed by atoms with van der Waals surface area (Å²) in [4.78, 5) is 2.66. The molecule has 1 heterocycles. The number of hydrogen-bond donors (Lipinski definition) is 1. The van der Waals surface area contributed by atoms with Gasteiger partial charge in [0.25, 0.3) is 0 Å². The standard InChI is InChI=1S/C18H32N2O/c1-14(2)9-10-20(17-7-5-6-8-17)13-18-11-16(12-19-4)15(3)21-18/h11,14,17,19H,5-10,12-13H2,1-4H3. The minimum absolute atomic E-state index is 0.766. The molecule has 1 saturated carbocycles. The Kier molecular flexibility index (Phi) is 6.31. The van der Waals surface area contributed by atoms with Crippen molar-refractivity contribution in [1.82, 2.24) is 10.2 Å². The fraction of sp³-hybridized carbons (Fsp3) is 0.778. The van der Waals surface area contributed by atoms with Crippen LogP contribution in [0, 0.1) is 12.8 Å². The van der Waals surface area contributed by atoms with Crippen LogP contribution in [0.15, 0.2) is 10.5 Å². The first-order valence-electron chi connectivity index (χ1n) is 8.57. The van der Waals surface area contributed by atoms with Crippen LogP contribution in [0.25, 0.3) is 0 Å². The zero-order chi connectivity index (χ0) is 15.2. The number of rotatable bonds is 8. The van der Waals surface area contributed by atoms with E-state index in [2.05, 4.69) is 37.1 Å². The maximum absolute atomic E-state index is 5.98. The van der Waals surface area contributed by atoms with Gasteiger partial charge in [-0.2, -0.15) is 0 Å². The molecule has 1 fully saturated rings. The molecule has 1 aromatic rings. The molecule has 0 amide bonds. The van der Waals surface area contributed by atoms with Crippen molar-refractivity contribution in [2.24, 2.45) is 5.92 Å². The summed E-state index contributed by atoms with van der Waals surface area (Å²) in [6.45, 7) is 9.77. The molecule has 0 radical (unpaired) electrons. The maximum Gasteiger partial charge on any atom is 0.118 e. The van der Waals surface area contributed by atoms with Gasteiger partial charge in [-0.05, 0) is 51.8 Å². The van der Waals surface area contributed by atoms with E-state index in [4.69, 9.17) is 4.42 Å². The molecule has 120 valence electrons. The van der Waals surface area contributed by atoms with Crippen LogP contribution in [0.1, 0.15) is 63.0 Å². The number of furan rings is 1. The average molecular weight is 292 g/mol. The molecule has 2 rings (SSSR count). The summed E-state index contributed by atoms with van der Waals surface area (Å²) in [6.07, 6.45) is 6.79. The Morgan fingerprint density at radius 1 is 1.33 bits per heavy atom. The van der Waals surface area contributed by atoms with Gasteiger partial charge in [0.05, 0.1) is 6.54 Å². The van der Waals surface area contributed by atoms with Gasteiger partial charge in [-0.15, -0.1) is 0 Å². The van der Waals surface area contributed by atoms with Gasteiger partial charge in [0.2, 0.25) is 0 Å². The molecule has 1 aliphatic rings. The summed E-state index contributed by atoms with van der Waals surface area (Å²) >= 11 is 0. The van der Waals surface area contributed by atoms with Gasteiger partial charge in [0.1, 0.15) is 11.5 Å². The SMILES string of the molecule is CNCc1cc(CN(CCC(C)C)C2CCCC2)oc1C. The van der Waals surface area contributed by atoms with Crippen molar-refractivity contribution in [3.63, 3.8) is 0 Å². The number of aryl methyl sites for hydroxylation is 1. The highest BCUT2D eigenvalue weighted by Crippen LogP contribution is 2.26. The Morgan fingerprint density at radius 2 is 2.05 bits per heavy atom. The van der Waals surface area contributed by atoms with Crippen LogP contribution < -0.4 is 5.32 Å². The van der Waals surface area contributed by atoms with E-state index >= 15 is 0 Å². The molecular formula is C18H32N2O. The van der Waals surface area contributed by atoms with Crippen LogP contribution in [0.3, 0.4) is 0 Å². The zero-order valence-corrected chi connectivity index (χ0v) is 14.2. The largest absolute Gasteiger partial charge is 0.465 e. The van der Waals surface area contributed by atoms with Gasteiger partial charge in [0, 0.05) is 18.2 Å². The summed E-state index contributed by atoms with van der Waals surface area (Å²) < 4.78 is 5.98. The lowest BCUT2D eigenvalue weighted by Gasteiger charge is -2.28. The molecule has 0 unspecified atom stereocenters. The lowest BCUT2D eigenvalue weighted by atomic mass is 10.1. The van der Waals surface area contributed by atoms with Crippen molar-refractivity contribution in [2.45, 2.75) is 72.0 Å². The molecule has 3 heteroatoms. The summed E-state index contributed by atoms with van der Waals surface area (Å²) in [6, 6.07) is 3.00. The van der Waals surface area contributed by atoms with Crippen LogP contribution in [0.2, 0.25) is 0 Å². The van der Waals surface area contributed by atoms with Gasteiger partial charge in [-0.25, -0.2) is 0 Å². The van der Waals surface area contributed by atoms with Crippen LogP contribution in [-0.2, 0) is 13.1 Å². The van der Waals surface area contributed by atoms with Gasteiger partial charge >= 0.3 is 0 Å². The summed E-state index contributed by atoms with van der Waals surface area (Å²) in [5.74, 6) is 2.97. The third-order valence-electron chi connectivity index (χ3n) is 4.63. The molecule has 0 spiro atoms. The van der Waals surface area contributed by atoms with E-state index in [9.17, 15) is 0 Å². The minimum atomic E-state index is 0.766. The van der Waals surface area contributed by atoms with Gasteiger partial charge in [0.15, 0.2) is 0 Å². The number of hydrogen-bond acceptors (Lipinski definition) is 3. The number of nitrogens with zero attached hydrogens (tertiary/aromatic N) is 1. The van der Waals surface area contributed by atoms with E-state index in [0.717, 1.165) is 36.6 Å². The van der Waals surface area contributed by atoms with E-state index < -0.39 is 0 Å². The quantitative estimate of drug-likeness (QED) is 0.782. The molecular weight excluding hydrogens is 260 g/mol. The van der Waals surface area contributed by atoms with E-state index in [1.54, 1.807) is 0 Å². The van der Waals surface area contributed by atoms with Crippen molar-refractivity contribution in [2.75, 3.05) is 13.6 Å². The molecule has 0 aliphatic heterocycles. The highest BCUT2D eigenvalue weighted by atomic mass is 16.3. The molecule has 0 aromatic carbocycles. The van der Waals surface area contributed by atoms with E-state index in [1.165, 1.54) is 44.2 Å². The molecule has 0 atom stereocenters. The lowest BCUT2D eigenvalue weighted by Crippen LogP contribution is -2.34. The number of nitrogens with one attached hydrogen (secondary N) is 1. The van der Waals surface area contributed by atoms with E-state index in [0.29, 0.717) is 0 Å². The smallest absolute Gasteiger partial charge is 0.118 e. The van der Waals surface area contributed by atoms with Crippen LogP contribution in [0.4, 0.5) is 0 Å². The molecule has 1 aliphatic carbocycles. The van der Waals surface area contributed by atoms with Crippen molar-refractivity contribution in [3.8, 4) is 0 Å². The topological polar surface area (TPSA) is 28.4 Å². The highest BCUT2D eigenvalue weighted by molar-refractivity contribution is 5.20. The van der Waals surface area contributed by atoms with Gasteiger partial charge in [-0.1, -0.05) is 26.7 Å². The highest BCUT2D eigenvalue weighted by Gasteiger charge is 2.23. The molecule has 0 saturated heterocycles.